The minimum Gasteiger partial charge on any atom is -0.384 e. The molecule has 1 N–H and O–H groups in total. The number of benzene rings is 1. The summed E-state index contributed by atoms with van der Waals surface area (Å²) in [4.78, 5) is 13.0. The first-order valence-corrected chi connectivity index (χ1v) is 11.5. The summed E-state index contributed by atoms with van der Waals surface area (Å²) in [6.07, 6.45) is 0.0793. The average molecular weight is 454 g/mol. The second-order valence-electron chi connectivity index (χ2n) is 7.51. The van der Waals surface area contributed by atoms with E-state index in [0.29, 0.717) is 11.4 Å². The topological polar surface area (TPSA) is 90.3 Å². The van der Waals surface area contributed by atoms with E-state index in [-0.39, 0.29) is 35.7 Å². The van der Waals surface area contributed by atoms with Crippen LogP contribution in [0.4, 0.5) is 14.6 Å². The van der Waals surface area contributed by atoms with E-state index in [9.17, 15) is 22.0 Å². The summed E-state index contributed by atoms with van der Waals surface area (Å²) < 4.78 is 58.3. The summed E-state index contributed by atoms with van der Waals surface area (Å²) in [7, 11) is -0.400. The van der Waals surface area contributed by atoms with Crippen molar-refractivity contribution >= 4 is 27.1 Å². The number of nitrogens with one attached hydrogen (secondary N) is 1. The molecule has 1 aliphatic rings. The molecule has 2 unspecified atom stereocenters. The van der Waals surface area contributed by atoms with Crippen LogP contribution in [0, 0.1) is 5.92 Å². The van der Waals surface area contributed by atoms with E-state index in [4.69, 9.17) is 4.74 Å². The van der Waals surface area contributed by atoms with E-state index in [1.54, 1.807) is 25.4 Å². The van der Waals surface area contributed by atoms with Gasteiger partial charge in [0, 0.05) is 32.0 Å². The van der Waals surface area contributed by atoms with E-state index in [1.807, 2.05) is 0 Å². The standard InChI is InChI=1S/C21H25F2N3O4S/c1-26-8-7-20(25-26)24-21(27)17(11-14-12-18(22)19(23)13-14)15-3-5-16(6-4-15)31(28,29)10-9-30-2/h3-8,11,14,18-19H,9-10,12-13H2,1-2H3,(H,24,25,27)/b17-11+. The van der Waals surface area contributed by atoms with Crippen molar-refractivity contribution in [3.8, 4) is 0 Å². The van der Waals surface area contributed by atoms with Crippen molar-refractivity contribution in [2.45, 2.75) is 30.1 Å². The Morgan fingerprint density at radius 2 is 1.87 bits per heavy atom. The number of carbonyl (C=O) groups is 1. The van der Waals surface area contributed by atoms with Gasteiger partial charge >= 0.3 is 0 Å². The van der Waals surface area contributed by atoms with Gasteiger partial charge < -0.3 is 10.1 Å². The van der Waals surface area contributed by atoms with Gasteiger partial charge in [-0.15, -0.1) is 0 Å². The smallest absolute Gasteiger partial charge is 0.257 e. The van der Waals surface area contributed by atoms with E-state index >= 15 is 0 Å². The lowest BCUT2D eigenvalue weighted by molar-refractivity contribution is -0.111. The third-order valence-electron chi connectivity index (χ3n) is 5.13. The number of aromatic nitrogens is 2. The zero-order valence-corrected chi connectivity index (χ0v) is 18.1. The Balaban J connectivity index is 1.89. The molecule has 1 saturated carbocycles. The number of methoxy groups -OCH3 is 1. The Morgan fingerprint density at radius 1 is 1.23 bits per heavy atom. The maximum absolute atomic E-state index is 13.7. The first-order chi connectivity index (χ1) is 14.7. The highest BCUT2D eigenvalue weighted by molar-refractivity contribution is 7.91. The molecular formula is C21H25F2N3O4S. The molecule has 1 fully saturated rings. The average Bonchev–Trinajstić information content (AvgIpc) is 3.28. The molecule has 1 amide bonds. The number of amides is 1. The number of nitrogens with zero attached hydrogens (tertiary/aromatic N) is 2. The monoisotopic (exact) mass is 453 g/mol. The number of carbonyl (C=O) groups excluding carboxylic acids is 1. The number of aryl methyl sites for hydroxylation is 1. The molecule has 0 bridgehead atoms. The molecule has 0 saturated heterocycles. The maximum Gasteiger partial charge on any atom is 0.257 e. The zero-order valence-electron chi connectivity index (χ0n) is 17.3. The van der Waals surface area contributed by atoms with Gasteiger partial charge in [0.1, 0.15) is 12.3 Å². The molecule has 2 atom stereocenters. The lowest BCUT2D eigenvalue weighted by Crippen LogP contribution is -2.16. The summed E-state index contributed by atoms with van der Waals surface area (Å²) >= 11 is 0. The first kappa shape index (κ1) is 23.1. The maximum atomic E-state index is 13.7. The molecule has 1 aromatic carbocycles. The van der Waals surface area contributed by atoms with Gasteiger partial charge in [0.05, 0.1) is 17.3 Å². The summed E-state index contributed by atoms with van der Waals surface area (Å²) in [6.45, 7) is 0.0677. The lowest BCUT2D eigenvalue weighted by atomic mass is 9.98. The summed E-state index contributed by atoms with van der Waals surface area (Å²) in [5.74, 6) is -0.773. The molecule has 7 nitrogen and oxygen atoms in total. The molecule has 1 aromatic heterocycles. The van der Waals surface area contributed by atoms with Crippen LogP contribution in [0.3, 0.4) is 0 Å². The van der Waals surface area contributed by atoms with Crippen molar-refractivity contribution in [1.29, 1.82) is 0 Å². The number of hydrogen-bond donors (Lipinski definition) is 1. The van der Waals surface area contributed by atoms with Crippen LogP contribution in [0.1, 0.15) is 18.4 Å². The molecule has 10 heteroatoms. The number of halogens is 2. The van der Waals surface area contributed by atoms with Crippen LogP contribution in [0.2, 0.25) is 0 Å². The van der Waals surface area contributed by atoms with Gasteiger partial charge in [-0.25, -0.2) is 17.2 Å². The molecule has 1 aliphatic carbocycles. The van der Waals surface area contributed by atoms with Gasteiger partial charge in [-0.2, -0.15) is 5.10 Å². The second kappa shape index (κ2) is 9.69. The number of sulfone groups is 1. The highest BCUT2D eigenvalue weighted by atomic mass is 32.2. The van der Waals surface area contributed by atoms with Gasteiger partial charge in [-0.3, -0.25) is 9.48 Å². The number of alkyl halides is 2. The van der Waals surface area contributed by atoms with E-state index in [2.05, 4.69) is 10.4 Å². The van der Waals surface area contributed by atoms with E-state index < -0.39 is 34.0 Å². The SMILES string of the molecule is COCCS(=O)(=O)c1ccc(/C(=C\C2CC(F)C(F)C2)C(=O)Nc2ccn(C)n2)cc1. The van der Waals surface area contributed by atoms with Gasteiger partial charge in [0.15, 0.2) is 15.7 Å². The number of allylic oxidation sites excluding steroid dienone is 1. The molecule has 1 heterocycles. The first-order valence-electron chi connectivity index (χ1n) is 9.82. The zero-order chi connectivity index (χ0) is 22.6. The number of ether oxygens (including phenoxy) is 1. The Morgan fingerprint density at radius 3 is 2.42 bits per heavy atom. The van der Waals surface area contributed by atoms with Crippen molar-refractivity contribution in [3.05, 3.63) is 48.2 Å². The van der Waals surface area contributed by atoms with Crippen molar-refractivity contribution in [3.63, 3.8) is 0 Å². The van der Waals surface area contributed by atoms with Crippen LogP contribution in [0.15, 0.2) is 47.5 Å². The van der Waals surface area contributed by atoms with Crippen molar-refractivity contribution in [2.75, 3.05) is 24.8 Å². The minimum absolute atomic E-state index is 0.00891. The summed E-state index contributed by atoms with van der Waals surface area (Å²) in [5.41, 5.74) is 0.648. The number of hydrogen-bond acceptors (Lipinski definition) is 5. The molecule has 0 spiro atoms. The van der Waals surface area contributed by atoms with Crippen molar-refractivity contribution in [2.24, 2.45) is 13.0 Å². The molecular weight excluding hydrogens is 428 g/mol. The number of rotatable bonds is 8. The molecule has 31 heavy (non-hydrogen) atoms. The lowest BCUT2D eigenvalue weighted by Gasteiger charge is -2.12. The Kier molecular flexibility index (Phi) is 7.22. The third kappa shape index (κ3) is 5.76. The van der Waals surface area contributed by atoms with Crippen LogP contribution in [0.25, 0.3) is 5.57 Å². The van der Waals surface area contributed by atoms with E-state index in [1.165, 1.54) is 36.1 Å². The molecule has 0 aliphatic heterocycles. The van der Waals surface area contributed by atoms with Crippen LogP contribution >= 0.6 is 0 Å². The van der Waals surface area contributed by atoms with Crippen LogP contribution in [0.5, 0.6) is 0 Å². The highest BCUT2D eigenvalue weighted by Crippen LogP contribution is 2.34. The largest absolute Gasteiger partial charge is 0.384 e. The van der Waals surface area contributed by atoms with Gasteiger partial charge in [0.25, 0.3) is 5.91 Å². The minimum atomic E-state index is -3.52. The quantitative estimate of drug-likeness (QED) is 0.621. The summed E-state index contributed by atoms with van der Waals surface area (Å²) in [5, 5.41) is 6.77. The molecule has 168 valence electrons. The predicted octanol–water partition coefficient (Wildman–Crippen LogP) is 2.95. The predicted molar refractivity (Wildman–Crippen MR) is 113 cm³/mol. The Labute approximate surface area is 180 Å². The van der Waals surface area contributed by atoms with E-state index in [0.717, 1.165) is 0 Å². The Hall–Kier alpha value is -2.59. The fraction of sp³-hybridized carbons (Fsp3) is 0.429. The van der Waals surface area contributed by atoms with Crippen molar-refractivity contribution < 1.29 is 26.7 Å². The summed E-state index contributed by atoms with van der Waals surface area (Å²) in [6, 6.07) is 7.46. The van der Waals surface area contributed by atoms with Crippen LogP contribution in [-0.4, -0.2) is 55.9 Å². The van der Waals surface area contributed by atoms with Gasteiger partial charge in [-0.05, 0) is 36.5 Å². The second-order valence-corrected chi connectivity index (χ2v) is 9.62. The molecule has 2 aromatic rings. The molecule has 0 radical (unpaired) electrons. The third-order valence-corrected chi connectivity index (χ3v) is 6.83. The normalized spacial score (nSPS) is 21.9. The Bertz CT molecular complexity index is 1040. The van der Waals surface area contributed by atoms with Gasteiger partial charge in [0.2, 0.25) is 0 Å². The number of anilines is 1. The fourth-order valence-electron chi connectivity index (χ4n) is 3.46. The van der Waals surface area contributed by atoms with Crippen LogP contribution < -0.4 is 5.32 Å². The van der Waals surface area contributed by atoms with Gasteiger partial charge in [-0.1, -0.05) is 18.2 Å². The van der Waals surface area contributed by atoms with Crippen molar-refractivity contribution in [1.82, 2.24) is 9.78 Å². The molecule has 3 rings (SSSR count). The highest BCUT2D eigenvalue weighted by Gasteiger charge is 2.34. The fourth-order valence-corrected chi connectivity index (χ4v) is 4.64. The van der Waals surface area contributed by atoms with Crippen LogP contribution in [-0.2, 0) is 26.4 Å².